The van der Waals surface area contributed by atoms with Crippen LogP contribution in [0, 0.1) is 0 Å². The van der Waals surface area contributed by atoms with Crippen LogP contribution in [0.5, 0.6) is 0 Å². The lowest BCUT2D eigenvalue weighted by atomic mass is 10.1. The van der Waals surface area contributed by atoms with E-state index < -0.39 is 0 Å². The van der Waals surface area contributed by atoms with Crippen LogP contribution in [-0.2, 0) is 0 Å². The van der Waals surface area contributed by atoms with Crippen LogP contribution in [0.4, 0.5) is 5.69 Å². The number of hydrogen-bond donors (Lipinski definition) is 1. The summed E-state index contributed by atoms with van der Waals surface area (Å²) in [6.45, 7) is 6.73. The SMILES string of the molecule is C=C(C)CNc1ccc(Br)c2ccccc12. The molecule has 0 saturated heterocycles. The zero-order valence-electron chi connectivity index (χ0n) is 9.26. The van der Waals surface area contributed by atoms with Crippen molar-refractivity contribution < 1.29 is 0 Å². The fourth-order valence-electron chi connectivity index (χ4n) is 1.66. The second-order valence-electron chi connectivity index (χ2n) is 3.95. The van der Waals surface area contributed by atoms with E-state index in [4.69, 9.17) is 0 Å². The maximum absolute atomic E-state index is 3.90. The molecule has 0 aliphatic carbocycles. The van der Waals surface area contributed by atoms with Gasteiger partial charge in [0.05, 0.1) is 0 Å². The largest absolute Gasteiger partial charge is 0.381 e. The highest BCUT2D eigenvalue weighted by molar-refractivity contribution is 9.10. The van der Waals surface area contributed by atoms with Gasteiger partial charge in [0.2, 0.25) is 0 Å². The van der Waals surface area contributed by atoms with Crippen LogP contribution in [0.25, 0.3) is 10.8 Å². The van der Waals surface area contributed by atoms with Crippen LogP contribution >= 0.6 is 15.9 Å². The van der Waals surface area contributed by atoms with Crippen molar-refractivity contribution in [3.63, 3.8) is 0 Å². The van der Waals surface area contributed by atoms with E-state index >= 15 is 0 Å². The number of halogens is 1. The van der Waals surface area contributed by atoms with E-state index in [0.29, 0.717) is 0 Å². The van der Waals surface area contributed by atoms with E-state index in [0.717, 1.165) is 22.3 Å². The number of rotatable bonds is 3. The Kier molecular flexibility index (Phi) is 3.30. The Morgan fingerprint density at radius 3 is 2.56 bits per heavy atom. The van der Waals surface area contributed by atoms with Gasteiger partial charge in [0.25, 0.3) is 0 Å². The molecule has 0 spiro atoms. The summed E-state index contributed by atoms with van der Waals surface area (Å²) in [6.07, 6.45) is 0. The van der Waals surface area contributed by atoms with Gasteiger partial charge in [0.1, 0.15) is 0 Å². The molecule has 2 aromatic rings. The molecule has 2 heteroatoms. The molecule has 16 heavy (non-hydrogen) atoms. The molecule has 1 N–H and O–H groups in total. The molecule has 0 heterocycles. The van der Waals surface area contributed by atoms with E-state index in [1.807, 2.05) is 6.92 Å². The Morgan fingerprint density at radius 2 is 1.88 bits per heavy atom. The third-order valence-corrected chi connectivity index (χ3v) is 3.14. The average molecular weight is 276 g/mol. The van der Waals surface area contributed by atoms with Crippen molar-refractivity contribution in [1.82, 2.24) is 0 Å². The Bertz CT molecular complexity index is 531. The van der Waals surface area contributed by atoms with Crippen LogP contribution in [-0.4, -0.2) is 6.54 Å². The molecule has 82 valence electrons. The van der Waals surface area contributed by atoms with Crippen molar-refractivity contribution in [3.8, 4) is 0 Å². The Labute approximate surface area is 104 Å². The standard InChI is InChI=1S/C14H14BrN/c1-10(2)9-16-14-8-7-13(15)11-5-3-4-6-12(11)14/h3-8,16H,1,9H2,2H3. The summed E-state index contributed by atoms with van der Waals surface area (Å²) in [7, 11) is 0. The molecule has 0 aliphatic heterocycles. The van der Waals surface area contributed by atoms with Crippen molar-refractivity contribution in [3.05, 3.63) is 53.0 Å². The molecule has 0 fully saturated rings. The van der Waals surface area contributed by atoms with Gasteiger partial charge in [-0.2, -0.15) is 0 Å². The monoisotopic (exact) mass is 275 g/mol. The Balaban J connectivity index is 2.46. The lowest BCUT2D eigenvalue weighted by Gasteiger charge is -2.10. The second-order valence-corrected chi connectivity index (χ2v) is 4.81. The minimum absolute atomic E-state index is 0.811. The molecule has 0 aromatic heterocycles. The highest BCUT2D eigenvalue weighted by Crippen LogP contribution is 2.29. The van der Waals surface area contributed by atoms with Gasteiger partial charge in [0.15, 0.2) is 0 Å². The van der Waals surface area contributed by atoms with Crippen molar-refractivity contribution in [2.45, 2.75) is 6.92 Å². The van der Waals surface area contributed by atoms with Crippen molar-refractivity contribution in [2.24, 2.45) is 0 Å². The third kappa shape index (κ3) is 2.27. The third-order valence-electron chi connectivity index (χ3n) is 2.45. The maximum atomic E-state index is 3.90. The quantitative estimate of drug-likeness (QED) is 0.808. The fraction of sp³-hybridized carbons (Fsp3) is 0.143. The Hall–Kier alpha value is -1.28. The summed E-state index contributed by atoms with van der Waals surface area (Å²) in [5, 5.41) is 5.86. The highest BCUT2D eigenvalue weighted by Gasteiger charge is 2.02. The molecule has 2 rings (SSSR count). The van der Waals surface area contributed by atoms with Gasteiger partial charge in [-0.05, 0) is 24.4 Å². The summed E-state index contributed by atoms with van der Waals surface area (Å²) in [4.78, 5) is 0. The fourth-order valence-corrected chi connectivity index (χ4v) is 2.14. The topological polar surface area (TPSA) is 12.0 Å². The van der Waals surface area contributed by atoms with Crippen molar-refractivity contribution in [1.29, 1.82) is 0 Å². The smallest absolute Gasteiger partial charge is 0.0423 e. The molecule has 0 amide bonds. The minimum atomic E-state index is 0.811. The Morgan fingerprint density at radius 1 is 1.19 bits per heavy atom. The van der Waals surface area contributed by atoms with Gasteiger partial charge in [0, 0.05) is 22.1 Å². The summed E-state index contributed by atoms with van der Waals surface area (Å²) < 4.78 is 1.13. The first-order valence-corrected chi connectivity index (χ1v) is 6.03. The van der Waals surface area contributed by atoms with Gasteiger partial charge in [-0.25, -0.2) is 0 Å². The molecule has 0 atom stereocenters. The molecule has 2 aromatic carbocycles. The van der Waals surface area contributed by atoms with Gasteiger partial charge < -0.3 is 5.32 Å². The zero-order valence-corrected chi connectivity index (χ0v) is 10.8. The van der Waals surface area contributed by atoms with Crippen LogP contribution in [0.3, 0.4) is 0 Å². The van der Waals surface area contributed by atoms with Crippen LogP contribution in [0.2, 0.25) is 0 Å². The predicted octanol–water partition coefficient (Wildman–Crippen LogP) is 4.59. The first kappa shape index (κ1) is 11.2. The number of fused-ring (bicyclic) bond motifs is 1. The highest BCUT2D eigenvalue weighted by atomic mass is 79.9. The first-order valence-electron chi connectivity index (χ1n) is 5.24. The molecule has 0 bridgehead atoms. The summed E-state index contributed by atoms with van der Waals surface area (Å²) in [5.74, 6) is 0. The van der Waals surface area contributed by atoms with Crippen LogP contribution < -0.4 is 5.32 Å². The maximum Gasteiger partial charge on any atom is 0.0423 e. The minimum Gasteiger partial charge on any atom is -0.381 e. The van der Waals surface area contributed by atoms with E-state index in [-0.39, 0.29) is 0 Å². The molecule has 0 unspecified atom stereocenters. The van der Waals surface area contributed by atoms with E-state index in [1.54, 1.807) is 0 Å². The van der Waals surface area contributed by atoms with Gasteiger partial charge in [-0.15, -0.1) is 0 Å². The number of nitrogens with one attached hydrogen (secondary N) is 1. The molecule has 0 saturated carbocycles. The second kappa shape index (κ2) is 4.71. The normalized spacial score (nSPS) is 10.4. The first-order chi connectivity index (χ1) is 7.68. The lowest BCUT2D eigenvalue weighted by molar-refractivity contribution is 1.22. The van der Waals surface area contributed by atoms with Crippen molar-refractivity contribution in [2.75, 3.05) is 11.9 Å². The van der Waals surface area contributed by atoms with Gasteiger partial charge >= 0.3 is 0 Å². The summed E-state index contributed by atoms with van der Waals surface area (Å²) >= 11 is 3.57. The molecule has 0 radical (unpaired) electrons. The lowest BCUT2D eigenvalue weighted by Crippen LogP contribution is -2.02. The van der Waals surface area contributed by atoms with E-state index in [2.05, 4.69) is 64.2 Å². The van der Waals surface area contributed by atoms with Crippen molar-refractivity contribution >= 4 is 32.4 Å². The average Bonchev–Trinajstić information content (AvgIpc) is 2.28. The number of benzene rings is 2. The summed E-state index contributed by atoms with van der Waals surface area (Å²) in [6, 6.07) is 12.5. The summed E-state index contributed by atoms with van der Waals surface area (Å²) in [5.41, 5.74) is 2.29. The van der Waals surface area contributed by atoms with Gasteiger partial charge in [-0.3, -0.25) is 0 Å². The van der Waals surface area contributed by atoms with Crippen LogP contribution in [0.1, 0.15) is 6.92 Å². The van der Waals surface area contributed by atoms with E-state index in [1.165, 1.54) is 10.8 Å². The number of hydrogen-bond acceptors (Lipinski definition) is 1. The molecular formula is C14H14BrN. The predicted molar refractivity (Wildman–Crippen MR) is 75.0 cm³/mol. The zero-order chi connectivity index (χ0) is 11.5. The van der Waals surface area contributed by atoms with Gasteiger partial charge in [-0.1, -0.05) is 52.3 Å². The molecular weight excluding hydrogens is 262 g/mol. The molecule has 0 aliphatic rings. The van der Waals surface area contributed by atoms with Crippen LogP contribution in [0.15, 0.2) is 53.0 Å². The van der Waals surface area contributed by atoms with E-state index in [9.17, 15) is 0 Å². The molecule has 1 nitrogen and oxygen atoms in total. The number of anilines is 1.